The molecule has 0 spiro atoms. The molecule has 19 heavy (non-hydrogen) atoms. The molecule has 0 amide bonds. The van der Waals surface area contributed by atoms with Crippen LogP contribution in [0.15, 0.2) is 18.2 Å². The second kappa shape index (κ2) is 7.01. The summed E-state index contributed by atoms with van der Waals surface area (Å²) in [5.74, 6) is -0.850. The topological polar surface area (TPSA) is 40.5 Å². The van der Waals surface area contributed by atoms with Crippen LogP contribution in [0.25, 0.3) is 0 Å². The number of carboxylic acid groups (broad SMARTS) is 1. The maximum atomic E-state index is 11.0. The Labute approximate surface area is 124 Å². The zero-order chi connectivity index (χ0) is 14.6. The first kappa shape index (κ1) is 16.1. The van der Waals surface area contributed by atoms with Crippen molar-refractivity contribution in [1.82, 2.24) is 0 Å². The van der Waals surface area contributed by atoms with Crippen molar-refractivity contribution in [2.45, 2.75) is 20.8 Å². The van der Waals surface area contributed by atoms with Crippen molar-refractivity contribution >= 4 is 34.9 Å². The molecular formula is C14H19Cl2NO2. The van der Waals surface area contributed by atoms with E-state index in [1.165, 1.54) is 0 Å². The third kappa shape index (κ3) is 4.92. The summed E-state index contributed by atoms with van der Waals surface area (Å²) in [4.78, 5) is 13.0. The average molecular weight is 304 g/mol. The van der Waals surface area contributed by atoms with Crippen molar-refractivity contribution in [3.05, 3.63) is 28.2 Å². The van der Waals surface area contributed by atoms with Crippen LogP contribution in [-0.4, -0.2) is 24.2 Å². The molecule has 1 unspecified atom stereocenters. The Morgan fingerprint density at radius 3 is 2.37 bits per heavy atom. The van der Waals surface area contributed by atoms with Gasteiger partial charge >= 0.3 is 5.97 Å². The lowest BCUT2D eigenvalue weighted by molar-refractivity contribution is -0.140. The van der Waals surface area contributed by atoms with E-state index in [-0.39, 0.29) is 0 Å². The van der Waals surface area contributed by atoms with Gasteiger partial charge in [0.2, 0.25) is 0 Å². The Kier molecular flexibility index (Phi) is 5.95. The average Bonchev–Trinajstić information content (AvgIpc) is 2.27. The molecule has 1 atom stereocenters. The fourth-order valence-electron chi connectivity index (χ4n) is 1.86. The van der Waals surface area contributed by atoms with Gasteiger partial charge in [0.05, 0.1) is 16.6 Å². The second-order valence-corrected chi connectivity index (χ2v) is 5.98. The molecule has 0 saturated carbocycles. The summed E-state index contributed by atoms with van der Waals surface area (Å²) in [6.07, 6.45) is 0. The number of hydrogen-bond acceptors (Lipinski definition) is 2. The Bertz CT molecular complexity index is 449. The molecule has 1 rings (SSSR count). The summed E-state index contributed by atoms with van der Waals surface area (Å²) >= 11 is 12.1. The Morgan fingerprint density at radius 1 is 1.26 bits per heavy atom. The molecular weight excluding hydrogens is 285 g/mol. The van der Waals surface area contributed by atoms with Crippen molar-refractivity contribution in [3.8, 4) is 0 Å². The molecule has 106 valence electrons. The number of aliphatic carboxylic acids is 1. The lowest BCUT2D eigenvalue weighted by Gasteiger charge is -2.29. The molecule has 5 heteroatoms. The molecule has 0 aliphatic heterocycles. The second-order valence-electron chi connectivity index (χ2n) is 5.13. The third-order valence-electron chi connectivity index (χ3n) is 2.75. The van der Waals surface area contributed by atoms with Crippen LogP contribution in [0.2, 0.25) is 10.0 Å². The van der Waals surface area contributed by atoms with Gasteiger partial charge in [0, 0.05) is 18.1 Å². The standard InChI is InChI=1S/C14H19Cl2NO2/c1-9(2)7-17(8-10(3)14(18)19)13-5-4-11(15)6-12(13)16/h4-6,9-10H,7-8H2,1-3H3,(H,18,19). The predicted molar refractivity (Wildman–Crippen MR) is 80.3 cm³/mol. The first-order chi connectivity index (χ1) is 8.81. The minimum Gasteiger partial charge on any atom is -0.481 e. The molecule has 0 fully saturated rings. The van der Waals surface area contributed by atoms with E-state index < -0.39 is 11.9 Å². The lowest BCUT2D eigenvalue weighted by atomic mass is 10.1. The molecule has 0 heterocycles. The first-order valence-corrected chi connectivity index (χ1v) is 6.99. The molecule has 0 aliphatic rings. The maximum absolute atomic E-state index is 11.0. The van der Waals surface area contributed by atoms with Crippen molar-refractivity contribution in [1.29, 1.82) is 0 Å². The molecule has 0 aromatic heterocycles. The highest BCUT2D eigenvalue weighted by Gasteiger charge is 2.19. The number of carbonyl (C=O) groups is 1. The number of carboxylic acids is 1. The van der Waals surface area contributed by atoms with Crippen LogP contribution in [-0.2, 0) is 4.79 Å². The number of benzene rings is 1. The number of hydrogen-bond donors (Lipinski definition) is 1. The van der Waals surface area contributed by atoms with Crippen molar-refractivity contribution in [2.75, 3.05) is 18.0 Å². The highest BCUT2D eigenvalue weighted by Crippen LogP contribution is 2.30. The van der Waals surface area contributed by atoms with Crippen LogP contribution in [0.5, 0.6) is 0 Å². The van der Waals surface area contributed by atoms with Gasteiger partial charge in [-0.2, -0.15) is 0 Å². The highest BCUT2D eigenvalue weighted by atomic mass is 35.5. The van der Waals surface area contributed by atoms with Gasteiger partial charge in [0.1, 0.15) is 0 Å². The number of nitrogens with zero attached hydrogens (tertiary/aromatic N) is 1. The molecule has 0 bridgehead atoms. The normalized spacial score (nSPS) is 12.5. The van der Waals surface area contributed by atoms with E-state index in [9.17, 15) is 4.79 Å². The molecule has 0 aliphatic carbocycles. The van der Waals surface area contributed by atoms with Crippen LogP contribution in [0.4, 0.5) is 5.69 Å². The van der Waals surface area contributed by atoms with E-state index in [0.29, 0.717) is 22.5 Å². The van der Waals surface area contributed by atoms with Crippen molar-refractivity contribution in [3.63, 3.8) is 0 Å². The van der Waals surface area contributed by atoms with E-state index in [1.807, 2.05) is 11.0 Å². The first-order valence-electron chi connectivity index (χ1n) is 6.24. The SMILES string of the molecule is CC(C)CN(CC(C)C(=O)O)c1ccc(Cl)cc1Cl. The smallest absolute Gasteiger partial charge is 0.308 e. The number of halogens is 2. The Hall–Kier alpha value is -0.930. The highest BCUT2D eigenvalue weighted by molar-refractivity contribution is 6.36. The molecule has 0 saturated heterocycles. The summed E-state index contributed by atoms with van der Waals surface area (Å²) in [7, 11) is 0. The zero-order valence-corrected chi connectivity index (χ0v) is 12.9. The van der Waals surface area contributed by atoms with Crippen LogP contribution in [0.3, 0.4) is 0 Å². The molecule has 1 N–H and O–H groups in total. The van der Waals surface area contributed by atoms with Gasteiger partial charge < -0.3 is 10.0 Å². The van der Waals surface area contributed by atoms with Gasteiger partial charge in [-0.05, 0) is 24.1 Å². The Balaban J connectivity index is 2.98. The molecule has 3 nitrogen and oxygen atoms in total. The molecule has 0 radical (unpaired) electrons. The van der Waals surface area contributed by atoms with Crippen LogP contribution in [0.1, 0.15) is 20.8 Å². The van der Waals surface area contributed by atoms with Crippen LogP contribution in [0, 0.1) is 11.8 Å². The maximum Gasteiger partial charge on any atom is 0.308 e. The van der Waals surface area contributed by atoms with E-state index in [0.717, 1.165) is 12.2 Å². The van der Waals surface area contributed by atoms with E-state index in [1.54, 1.807) is 19.1 Å². The minimum atomic E-state index is -0.807. The summed E-state index contributed by atoms with van der Waals surface area (Å²) in [5, 5.41) is 10.2. The van der Waals surface area contributed by atoms with E-state index in [4.69, 9.17) is 28.3 Å². The largest absolute Gasteiger partial charge is 0.481 e. The summed E-state index contributed by atoms with van der Waals surface area (Å²) in [5.41, 5.74) is 0.827. The van der Waals surface area contributed by atoms with Crippen molar-refractivity contribution in [2.24, 2.45) is 11.8 Å². The Morgan fingerprint density at radius 2 is 1.89 bits per heavy atom. The lowest BCUT2D eigenvalue weighted by Crippen LogP contribution is -2.34. The minimum absolute atomic E-state index is 0.410. The monoisotopic (exact) mass is 303 g/mol. The van der Waals surface area contributed by atoms with Gasteiger partial charge in [0.15, 0.2) is 0 Å². The van der Waals surface area contributed by atoms with Crippen LogP contribution >= 0.6 is 23.2 Å². The number of anilines is 1. The molecule has 1 aromatic carbocycles. The van der Waals surface area contributed by atoms with Crippen molar-refractivity contribution < 1.29 is 9.90 Å². The van der Waals surface area contributed by atoms with E-state index >= 15 is 0 Å². The van der Waals surface area contributed by atoms with Gasteiger partial charge in [-0.15, -0.1) is 0 Å². The van der Waals surface area contributed by atoms with Gasteiger partial charge in [0.25, 0.3) is 0 Å². The fraction of sp³-hybridized carbons (Fsp3) is 0.500. The van der Waals surface area contributed by atoms with E-state index in [2.05, 4.69) is 13.8 Å². The van der Waals surface area contributed by atoms with Gasteiger partial charge in [-0.25, -0.2) is 0 Å². The van der Waals surface area contributed by atoms with Gasteiger partial charge in [-0.1, -0.05) is 44.0 Å². The zero-order valence-electron chi connectivity index (χ0n) is 11.4. The predicted octanol–water partition coefficient (Wildman–Crippen LogP) is 4.18. The fourth-order valence-corrected chi connectivity index (χ4v) is 2.39. The molecule has 1 aromatic rings. The van der Waals surface area contributed by atoms with Gasteiger partial charge in [-0.3, -0.25) is 4.79 Å². The quantitative estimate of drug-likeness (QED) is 0.857. The van der Waals surface area contributed by atoms with Crippen LogP contribution < -0.4 is 4.90 Å². The summed E-state index contributed by atoms with van der Waals surface area (Å²) in [6, 6.07) is 5.28. The number of rotatable bonds is 6. The summed E-state index contributed by atoms with van der Waals surface area (Å²) in [6.45, 7) is 7.04. The third-order valence-corrected chi connectivity index (χ3v) is 3.29. The summed E-state index contributed by atoms with van der Waals surface area (Å²) < 4.78 is 0.